The van der Waals surface area contributed by atoms with E-state index < -0.39 is 0 Å². The lowest BCUT2D eigenvalue weighted by Gasteiger charge is -2.32. The van der Waals surface area contributed by atoms with E-state index in [2.05, 4.69) is 243 Å². The Morgan fingerprint density at radius 2 is 0.750 bits per heavy atom. The van der Waals surface area contributed by atoms with E-state index in [0.717, 1.165) is 11.4 Å². The molecule has 0 radical (unpaired) electrons. The Bertz CT molecular complexity index is 3200. The number of anilines is 3. The van der Waals surface area contributed by atoms with Gasteiger partial charge < -0.3 is 4.90 Å². The molecule has 0 N–H and O–H groups in total. The molecule has 1 nitrogen and oxygen atoms in total. The predicted molar refractivity (Wildman–Crippen MR) is 255 cm³/mol. The van der Waals surface area contributed by atoms with E-state index in [1.807, 2.05) is 0 Å². The molecule has 0 aromatic heterocycles. The van der Waals surface area contributed by atoms with Gasteiger partial charge in [-0.3, -0.25) is 0 Å². The van der Waals surface area contributed by atoms with Crippen molar-refractivity contribution >= 4 is 38.6 Å². The van der Waals surface area contributed by atoms with Crippen LogP contribution >= 0.6 is 0 Å². The Hall–Kier alpha value is -7.48. The molecule has 1 aliphatic carbocycles. The molecule has 0 atom stereocenters. The maximum atomic E-state index is 2.52. The van der Waals surface area contributed by atoms with Crippen LogP contribution in [0, 0.1) is 0 Å². The first-order valence-corrected chi connectivity index (χ1v) is 20.9. The number of benzene rings is 10. The van der Waals surface area contributed by atoms with Crippen molar-refractivity contribution in [3.63, 3.8) is 0 Å². The third-order valence-electron chi connectivity index (χ3n) is 12.7. The molecule has 0 amide bonds. The van der Waals surface area contributed by atoms with Crippen LogP contribution in [0.2, 0.25) is 0 Å². The van der Waals surface area contributed by atoms with Gasteiger partial charge in [0.15, 0.2) is 0 Å². The van der Waals surface area contributed by atoms with Crippen LogP contribution in [0.25, 0.3) is 77.2 Å². The summed E-state index contributed by atoms with van der Waals surface area (Å²) in [7, 11) is 0. The van der Waals surface area contributed by atoms with E-state index in [1.54, 1.807) is 0 Å². The second-order valence-electron chi connectivity index (χ2n) is 16.5. The fraction of sp³-hybridized carbons (Fsp3) is 0.0508. The Balaban J connectivity index is 1.07. The van der Waals surface area contributed by atoms with Crippen LogP contribution in [0.3, 0.4) is 0 Å². The summed E-state index contributed by atoms with van der Waals surface area (Å²) in [6, 6.07) is 82.4. The van der Waals surface area contributed by atoms with Crippen molar-refractivity contribution in [3.8, 4) is 55.6 Å². The van der Waals surface area contributed by atoms with Gasteiger partial charge in [-0.05, 0) is 108 Å². The van der Waals surface area contributed by atoms with Gasteiger partial charge in [-0.2, -0.15) is 0 Å². The van der Waals surface area contributed by atoms with Crippen molar-refractivity contribution < 1.29 is 0 Å². The van der Waals surface area contributed by atoms with Crippen molar-refractivity contribution in [2.75, 3.05) is 4.90 Å². The summed E-state index contributed by atoms with van der Waals surface area (Å²) in [5, 5.41) is 4.95. The highest BCUT2D eigenvalue weighted by Crippen LogP contribution is 2.53. The SMILES string of the molecule is CC1(C)c2ccccc2-c2ccc(N(c3ccc(-c4ccc(-c5cccc(-c6ccccc6)c5)cc4)cc3)c3c(-c4ccccc4)c4ccccc4c4ccccc34)cc21. The van der Waals surface area contributed by atoms with E-state index in [4.69, 9.17) is 0 Å². The molecule has 10 aromatic rings. The second-order valence-corrected chi connectivity index (χ2v) is 16.5. The molecule has 1 aliphatic rings. The summed E-state index contributed by atoms with van der Waals surface area (Å²) in [4.78, 5) is 2.52. The standard InChI is InChI=1S/C59H43N/c1-59(2)55-27-14-13-24-51(55)52-37-36-48(39-56(52)59)60(58-54-26-12-10-23-50(54)49-22-9-11-25-53(49)57(58)44-18-7-4-8-19-44)47-34-32-42(33-35-47)41-28-30-43(31-29-41)46-21-15-20-45(38-46)40-16-5-3-6-17-40/h3-39H,1-2H3. The Labute approximate surface area is 352 Å². The smallest absolute Gasteiger partial charge is 0.0624 e. The predicted octanol–water partition coefficient (Wildman–Crippen LogP) is 16.4. The van der Waals surface area contributed by atoms with Crippen molar-refractivity contribution in [3.05, 3.63) is 236 Å². The van der Waals surface area contributed by atoms with Crippen LogP contribution in [0.15, 0.2) is 224 Å². The van der Waals surface area contributed by atoms with Crippen molar-refractivity contribution in [2.24, 2.45) is 0 Å². The average Bonchev–Trinajstić information content (AvgIpc) is 3.55. The quantitative estimate of drug-likeness (QED) is 0.146. The average molecular weight is 766 g/mol. The molecule has 284 valence electrons. The zero-order chi connectivity index (χ0) is 40.2. The van der Waals surface area contributed by atoms with Gasteiger partial charge in [-0.1, -0.05) is 208 Å². The van der Waals surface area contributed by atoms with Gasteiger partial charge in [0.25, 0.3) is 0 Å². The molecule has 10 aromatic carbocycles. The number of nitrogens with zero attached hydrogens (tertiary/aromatic N) is 1. The van der Waals surface area contributed by atoms with Crippen LogP contribution in [-0.4, -0.2) is 0 Å². The number of hydrogen-bond acceptors (Lipinski definition) is 1. The zero-order valence-corrected chi connectivity index (χ0v) is 33.8. The van der Waals surface area contributed by atoms with Gasteiger partial charge in [-0.25, -0.2) is 0 Å². The van der Waals surface area contributed by atoms with E-state index in [9.17, 15) is 0 Å². The molecule has 60 heavy (non-hydrogen) atoms. The summed E-state index contributed by atoms with van der Waals surface area (Å²) in [5.74, 6) is 0. The van der Waals surface area contributed by atoms with Crippen molar-refractivity contribution in [2.45, 2.75) is 19.3 Å². The van der Waals surface area contributed by atoms with Crippen LogP contribution in [0.1, 0.15) is 25.0 Å². The fourth-order valence-electron chi connectivity index (χ4n) is 9.66. The zero-order valence-electron chi connectivity index (χ0n) is 33.8. The lowest BCUT2D eigenvalue weighted by molar-refractivity contribution is 0.660. The van der Waals surface area contributed by atoms with E-state index in [0.29, 0.717) is 0 Å². The molecule has 0 unspecified atom stereocenters. The molecule has 0 bridgehead atoms. The Kier molecular flexibility index (Phi) is 8.57. The minimum absolute atomic E-state index is 0.139. The summed E-state index contributed by atoms with van der Waals surface area (Å²) < 4.78 is 0. The fourth-order valence-corrected chi connectivity index (χ4v) is 9.66. The summed E-state index contributed by atoms with van der Waals surface area (Å²) >= 11 is 0. The molecule has 0 saturated heterocycles. The number of hydrogen-bond donors (Lipinski definition) is 0. The number of fused-ring (bicyclic) bond motifs is 6. The van der Waals surface area contributed by atoms with Gasteiger partial charge in [0.2, 0.25) is 0 Å². The largest absolute Gasteiger partial charge is 0.309 e. The summed E-state index contributed by atoms with van der Waals surface area (Å²) in [6.45, 7) is 4.74. The van der Waals surface area contributed by atoms with Crippen molar-refractivity contribution in [1.82, 2.24) is 0 Å². The molecule has 11 rings (SSSR count). The monoisotopic (exact) mass is 765 g/mol. The summed E-state index contributed by atoms with van der Waals surface area (Å²) in [6.07, 6.45) is 0. The molecule has 0 fully saturated rings. The van der Waals surface area contributed by atoms with Gasteiger partial charge in [0, 0.05) is 27.7 Å². The molecule has 0 heterocycles. The van der Waals surface area contributed by atoms with Crippen LogP contribution < -0.4 is 4.90 Å². The molecule has 0 saturated carbocycles. The van der Waals surface area contributed by atoms with Gasteiger partial charge in [-0.15, -0.1) is 0 Å². The Morgan fingerprint density at radius 1 is 0.300 bits per heavy atom. The molecule has 0 aliphatic heterocycles. The van der Waals surface area contributed by atoms with E-state index in [1.165, 1.54) is 94.0 Å². The highest BCUT2D eigenvalue weighted by Gasteiger charge is 2.36. The third-order valence-corrected chi connectivity index (χ3v) is 12.7. The van der Waals surface area contributed by atoms with Crippen LogP contribution in [-0.2, 0) is 5.41 Å². The topological polar surface area (TPSA) is 3.24 Å². The maximum absolute atomic E-state index is 2.52. The van der Waals surface area contributed by atoms with Gasteiger partial charge in [0.05, 0.1) is 5.69 Å². The van der Waals surface area contributed by atoms with Gasteiger partial charge in [0.1, 0.15) is 0 Å². The van der Waals surface area contributed by atoms with Crippen LogP contribution in [0.4, 0.5) is 17.1 Å². The molecule has 0 spiro atoms. The normalized spacial score (nSPS) is 12.6. The summed E-state index contributed by atoms with van der Waals surface area (Å²) in [5.41, 5.74) is 18.3. The highest BCUT2D eigenvalue weighted by molar-refractivity contribution is 6.22. The second kappa shape index (κ2) is 14.4. The lowest BCUT2D eigenvalue weighted by Crippen LogP contribution is -2.17. The minimum Gasteiger partial charge on any atom is -0.309 e. The number of rotatable bonds is 7. The first-order valence-electron chi connectivity index (χ1n) is 20.9. The minimum atomic E-state index is -0.139. The first kappa shape index (κ1) is 35.7. The maximum Gasteiger partial charge on any atom is 0.0624 e. The Morgan fingerprint density at radius 3 is 1.42 bits per heavy atom. The van der Waals surface area contributed by atoms with Crippen LogP contribution in [0.5, 0.6) is 0 Å². The highest BCUT2D eigenvalue weighted by atomic mass is 15.1. The van der Waals surface area contributed by atoms with E-state index >= 15 is 0 Å². The molecular weight excluding hydrogens is 723 g/mol. The first-order chi connectivity index (χ1) is 29.5. The van der Waals surface area contributed by atoms with Gasteiger partial charge >= 0.3 is 0 Å². The molecule has 1 heteroatoms. The molecular formula is C59H43N. The third kappa shape index (κ3) is 5.93. The van der Waals surface area contributed by atoms with E-state index in [-0.39, 0.29) is 5.41 Å². The van der Waals surface area contributed by atoms with Crippen molar-refractivity contribution in [1.29, 1.82) is 0 Å². The lowest BCUT2D eigenvalue weighted by atomic mass is 9.82.